The summed E-state index contributed by atoms with van der Waals surface area (Å²) >= 11 is 0. The summed E-state index contributed by atoms with van der Waals surface area (Å²) in [4.78, 5) is 41.2. The van der Waals surface area contributed by atoms with Gasteiger partial charge in [0.15, 0.2) is 0 Å². The molecule has 1 aromatic rings. The molecule has 0 radical (unpaired) electrons. The van der Waals surface area contributed by atoms with E-state index >= 15 is 0 Å². The molecular weight excluding hydrogens is 342 g/mol. The van der Waals surface area contributed by atoms with Crippen molar-refractivity contribution >= 4 is 17.7 Å². The zero-order valence-electron chi connectivity index (χ0n) is 16.8. The second kappa shape index (κ2) is 9.53. The van der Waals surface area contributed by atoms with Gasteiger partial charge in [-0.3, -0.25) is 14.4 Å². The molecule has 1 aromatic carbocycles. The van der Waals surface area contributed by atoms with Crippen molar-refractivity contribution in [2.45, 2.75) is 59.0 Å². The van der Waals surface area contributed by atoms with Crippen LogP contribution >= 0.6 is 0 Å². The van der Waals surface area contributed by atoms with Crippen molar-refractivity contribution in [2.24, 2.45) is 0 Å². The maximum Gasteiger partial charge on any atom is 0.254 e. The molecule has 0 aliphatic carbocycles. The van der Waals surface area contributed by atoms with Crippen molar-refractivity contribution in [3.8, 4) is 0 Å². The Balaban J connectivity index is 2.25. The maximum atomic E-state index is 13.1. The average Bonchev–Trinajstić information content (AvgIpc) is 3.11. The van der Waals surface area contributed by atoms with Crippen molar-refractivity contribution < 1.29 is 14.4 Å². The molecule has 1 fully saturated rings. The Bertz CT molecular complexity index is 668. The minimum absolute atomic E-state index is 0.0493. The first-order chi connectivity index (χ1) is 12.9. The van der Waals surface area contributed by atoms with Crippen LogP contribution in [0, 0.1) is 0 Å². The molecule has 1 saturated heterocycles. The van der Waals surface area contributed by atoms with Gasteiger partial charge in [-0.05, 0) is 44.4 Å². The number of likely N-dealkylation sites (N-methyl/N-ethyl adjacent to an activating group) is 1. The van der Waals surface area contributed by atoms with Crippen LogP contribution in [0.1, 0.15) is 56.5 Å². The molecule has 3 amide bonds. The molecule has 2 atom stereocenters. The number of carbonyl (C=O) groups is 3. The SMILES string of the molecule is CCC(=O)N[C@@H]1C[C@@H](C(=O)N(CC)CC)N(C(=O)c2ccc(CC)cc2)C1. The summed E-state index contributed by atoms with van der Waals surface area (Å²) in [5.74, 6) is -0.265. The van der Waals surface area contributed by atoms with Crippen LogP contribution in [0.15, 0.2) is 24.3 Å². The number of carbonyl (C=O) groups excluding carboxylic acids is 3. The summed E-state index contributed by atoms with van der Waals surface area (Å²) in [6.07, 6.45) is 1.75. The summed E-state index contributed by atoms with van der Waals surface area (Å²) in [6.45, 7) is 9.29. The van der Waals surface area contributed by atoms with E-state index in [9.17, 15) is 14.4 Å². The summed E-state index contributed by atoms with van der Waals surface area (Å²) in [6, 6.07) is 6.80. The maximum absolute atomic E-state index is 13.1. The quantitative estimate of drug-likeness (QED) is 0.797. The van der Waals surface area contributed by atoms with Crippen LogP contribution in [-0.2, 0) is 16.0 Å². The summed E-state index contributed by atoms with van der Waals surface area (Å²) in [5, 5.41) is 2.94. The van der Waals surface area contributed by atoms with Crippen molar-refractivity contribution in [3.05, 3.63) is 35.4 Å². The number of benzene rings is 1. The standard InChI is InChI=1S/C21H31N3O3/c1-5-15-9-11-16(12-10-15)20(26)24-14-17(22-19(25)6-2)13-18(24)21(27)23(7-3)8-4/h9-12,17-18H,5-8,13-14H2,1-4H3,(H,22,25)/t17-,18+/m1/s1. The van der Waals surface area contributed by atoms with Crippen LogP contribution in [-0.4, -0.2) is 59.2 Å². The number of nitrogens with one attached hydrogen (secondary N) is 1. The summed E-state index contributed by atoms with van der Waals surface area (Å²) < 4.78 is 0. The van der Waals surface area contributed by atoms with Crippen LogP contribution in [0.2, 0.25) is 0 Å². The predicted molar refractivity (Wildman–Crippen MR) is 105 cm³/mol. The molecule has 27 heavy (non-hydrogen) atoms. The molecule has 0 spiro atoms. The van der Waals surface area contributed by atoms with E-state index in [-0.39, 0.29) is 23.8 Å². The number of likely N-dealkylation sites (tertiary alicyclic amines) is 1. The first-order valence-corrected chi connectivity index (χ1v) is 9.93. The molecule has 1 N–H and O–H groups in total. The first-order valence-electron chi connectivity index (χ1n) is 9.93. The fourth-order valence-corrected chi connectivity index (χ4v) is 3.52. The van der Waals surface area contributed by atoms with E-state index in [1.807, 2.05) is 38.1 Å². The number of hydrogen-bond acceptors (Lipinski definition) is 3. The van der Waals surface area contributed by atoms with Gasteiger partial charge in [0.25, 0.3) is 5.91 Å². The molecule has 0 aromatic heterocycles. The first kappa shape index (κ1) is 20.9. The molecule has 0 saturated carbocycles. The molecule has 0 unspecified atom stereocenters. The Labute approximate surface area is 161 Å². The smallest absolute Gasteiger partial charge is 0.254 e. The Morgan fingerprint density at radius 1 is 1.07 bits per heavy atom. The highest BCUT2D eigenvalue weighted by Crippen LogP contribution is 2.23. The normalized spacial score (nSPS) is 19.0. The minimum atomic E-state index is -0.537. The zero-order valence-corrected chi connectivity index (χ0v) is 16.8. The highest BCUT2D eigenvalue weighted by molar-refractivity contribution is 5.98. The van der Waals surface area contributed by atoms with E-state index in [1.54, 1.807) is 16.7 Å². The van der Waals surface area contributed by atoms with Crippen molar-refractivity contribution in [1.29, 1.82) is 0 Å². The molecule has 1 aliphatic rings. The number of aryl methyl sites for hydroxylation is 1. The number of nitrogens with zero attached hydrogens (tertiary/aromatic N) is 2. The van der Waals surface area contributed by atoms with Crippen LogP contribution in [0.25, 0.3) is 0 Å². The monoisotopic (exact) mass is 373 g/mol. The van der Waals surface area contributed by atoms with E-state index in [1.165, 1.54) is 0 Å². The Hall–Kier alpha value is -2.37. The zero-order chi connectivity index (χ0) is 20.0. The van der Waals surface area contributed by atoms with E-state index in [0.717, 1.165) is 12.0 Å². The van der Waals surface area contributed by atoms with Gasteiger partial charge >= 0.3 is 0 Å². The third-order valence-corrected chi connectivity index (χ3v) is 5.22. The lowest BCUT2D eigenvalue weighted by Gasteiger charge is -2.29. The molecule has 148 valence electrons. The Morgan fingerprint density at radius 3 is 2.22 bits per heavy atom. The van der Waals surface area contributed by atoms with Gasteiger partial charge in [0, 0.05) is 37.7 Å². The summed E-state index contributed by atoms with van der Waals surface area (Å²) in [5.41, 5.74) is 1.74. The van der Waals surface area contributed by atoms with Crippen molar-refractivity contribution in [1.82, 2.24) is 15.1 Å². The van der Waals surface area contributed by atoms with Crippen molar-refractivity contribution in [3.63, 3.8) is 0 Å². The second-order valence-corrected chi connectivity index (χ2v) is 6.89. The van der Waals surface area contributed by atoms with Gasteiger partial charge in [0.1, 0.15) is 6.04 Å². The van der Waals surface area contributed by atoms with Gasteiger partial charge in [-0.25, -0.2) is 0 Å². The lowest BCUT2D eigenvalue weighted by Crippen LogP contribution is -2.47. The molecule has 2 rings (SSSR count). The van der Waals surface area contributed by atoms with E-state index < -0.39 is 6.04 Å². The van der Waals surface area contributed by atoms with Crippen LogP contribution in [0.3, 0.4) is 0 Å². The highest BCUT2D eigenvalue weighted by Gasteiger charge is 2.41. The number of rotatable bonds is 7. The molecule has 6 heteroatoms. The summed E-state index contributed by atoms with van der Waals surface area (Å²) in [7, 11) is 0. The minimum Gasteiger partial charge on any atom is -0.352 e. The van der Waals surface area contributed by atoms with Gasteiger partial charge in [-0.2, -0.15) is 0 Å². The van der Waals surface area contributed by atoms with Gasteiger partial charge in [-0.15, -0.1) is 0 Å². The second-order valence-electron chi connectivity index (χ2n) is 6.89. The number of amides is 3. The van der Waals surface area contributed by atoms with Gasteiger partial charge in [-0.1, -0.05) is 26.0 Å². The molecule has 1 heterocycles. The Kier molecular flexibility index (Phi) is 7.39. The average molecular weight is 373 g/mol. The van der Waals surface area contributed by atoms with Gasteiger partial charge in [0.2, 0.25) is 11.8 Å². The lowest BCUT2D eigenvalue weighted by molar-refractivity contribution is -0.135. The van der Waals surface area contributed by atoms with Crippen molar-refractivity contribution in [2.75, 3.05) is 19.6 Å². The third-order valence-electron chi connectivity index (χ3n) is 5.22. The van der Waals surface area contributed by atoms with Crippen LogP contribution < -0.4 is 5.32 Å². The fourth-order valence-electron chi connectivity index (χ4n) is 3.52. The van der Waals surface area contributed by atoms with E-state index in [2.05, 4.69) is 12.2 Å². The largest absolute Gasteiger partial charge is 0.352 e. The van der Waals surface area contributed by atoms with E-state index in [4.69, 9.17) is 0 Å². The van der Waals surface area contributed by atoms with Crippen LogP contribution in [0.4, 0.5) is 0 Å². The topological polar surface area (TPSA) is 69.7 Å². The molecular formula is C21H31N3O3. The van der Waals surface area contributed by atoms with Gasteiger partial charge in [0.05, 0.1) is 0 Å². The Morgan fingerprint density at radius 2 is 1.70 bits per heavy atom. The number of hydrogen-bond donors (Lipinski definition) is 1. The molecule has 6 nitrogen and oxygen atoms in total. The highest BCUT2D eigenvalue weighted by atomic mass is 16.2. The van der Waals surface area contributed by atoms with Gasteiger partial charge < -0.3 is 15.1 Å². The van der Waals surface area contributed by atoms with Crippen LogP contribution in [0.5, 0.6) is 0 Å². The predicted octanol–water partition coefficient (Wildman–Crippen LogP) is 2.23. The third kappa shape index (κ3) is 4.87. The fraction of sp³-hybridized carbons (Fsp3) is 0.571. The molecule has 0 bridgehead atoms. The molecule has 1 aliphatic heterocycles. The van der Waals surface area contributed by atoms with E-state index in [0.29, 0.717) is 38.0 Å². The lowest BCUT2D eigenvalue weighted by atomic mass is 10.1.